The second-order valence-corrected chi connectivity index (χ2v) is 4.86. The lowest BCUT2D eigenvalue weighted by Gasteiger charge is -2.13. The molecule has 1 N–H and O–H groups in total. The number of nitrogens with zero attached hydrogens (tertiary/aromatic N) is 2. The molecule has 0 amide bonds. The number of thiazole rings is 1. The molecular weight excluding hydrogens is 230 g/mol. The molecule has 0 unspecified atom stereocenters. The Hall–Kier alpha value is -1.86. The van der Waals surface area contributed by atoms with Gasteiger partial charge in [0.25, 0.3) is 0 Å². The monoisotopic (exact) mass is 243 g/mol. The molecule has 0 saturated heterocycles. The fourth-order valence-corrected chi connectivity index (χ4v) is 2.19. The quantitative estimate of drug-likeness (QED) is 0.889. The van der Waals surface area contributed by atoms with Crippen LogP contribution in [0.2, 0.25) is 0 Å². The van der Waals surface area contributed by atoms with Crippen molar-refractivity contribution in [3.8, 4) is 6.07 Å². The molecular formula is C13H13N3S. The number of hydrogen-bond acceptors (Lipinski definition) is 4. The topological polar surface area (TPSA) is 48.7 Å². The first-order valence-electron chi connectivity index (χ1n) is 5.42. The predicted molar refractivity (Wildman–Crippen MR) is 70.6 cm³/mol. The summed E-state index contributed by atoms with van der Waals surface area (Å²) >= 11 is 1.35. The molecule has 0 spiro atoms. The van der Waals surface area contributed by atoms with Crippen molar-refractivity contribution in [3.63, 3.8) is 0 Å². The zero-order valence-electron chi connectivity index (χ0n) is 9.77. The zero-order valence-corrected chi connectivity index (χ0v) is 10.6. The second-order valence-electron chi connectivity index (χ2n) is 4.01. The Kier molecular flexibility index (Phi) is 3.40. The number of rotatable bonds is 3. The number of nitrogens with one attached hydrogen (secondary N) is 1. The molecule has 3 nitrogen and oxygen atoms in total. The van der Waals surface area contributed by atoms with Crippen molar-refractivity contribution in [1.82, 2.24) is 4.98 Å². The summed E-state index contributed by atoms with van der Waals surface area (Å²) in [5.74, 6) is 1.08. The number of aromatic nitrogens is 1. The van der Waals surface area contributed by atoms with Gasteiger partial charge in [0.1, 0.15) is 10.9 Å². The van der Waals surface area contributed by atoms with Crippen LogP contribution in [0, 0.1) is 11.3 Å². The minimum atomic E-state index is 0.433. The maximum absolute atomic E-state index is 8.94. The number of anilines is 2. The van der Waals surface area contributed by atoms with E-state index in [0.717, 1.165) is 5.69 Å². The number of benzene rings is 1. The molecule has 2 aromatic rings. The van der Waals surface area contributed by atoms with Gasteiger partial charge in [-0.15, -0.1) is 11.3 Å². The molecule has 0 fully saturated rings. The Morgan fingerprint density at radius 2 is 2.12 bits per heavy atom. The fourth-order valence-electron chi connectivity index (χ4n) is 1.66. The Bertz CT molecular complexity index is 552. The number of nitriles is 1. The van der Waals surface area contributed by atoms with Crippen LogP contribution >= 0.6 is 11.3 Å². The van der Waals surface area contributed by atoms with Crippen LogP contribution in [0.25, 0.3) is 0 Å². The first-order valence-corrected chi connectivity index (χ1v) is 6.30. The van der Waals surface area contributed by atoms with Gasteiger partial charge in [-0.3, -0.25) is 0 Å². The molecule has 2 rings (SSSR count). The Balaban J connectivity index is 2.34. The number of hydrogen-bond donors (Lipinski definition) is 1. The predicted octanol–water partition coefficient (Wildman–Crippen LogP) is 3.88. The molecule has 4 heteroatoms. The molecule has 0 aliphatic rings. The van der Waals surface area contributed by atoms with Crippen LogP contribution in [0.3, 0.4) is 0 Å². The highest BCUT2D eigenvalue weighted by Crippen LogP contribution is 2.28. The van der Waals surface area contributed by atoms with Crippen LogP contribution in [0.4, 0.5) is 11.5 Å². The molecule has 17 heavy (non-hydrogen) atoms. The maximum atomic E-state index is 8.94. The van der Waals surface area contributed by atoms with E-state index in [1.54, 1.807) is 5.51 Å². The highest BCUT2D eigenvalue weighted by atomic mass is 32.1. The summed E-state index contributed by atoms with van der Waals surface area (Å²) in [5.41, 5.74) is 3.92. The first kappa shape index (κ1) is 11.6. The summed E-state index contributed by atoms with van der Waals surface area (Å²) in [6, 6.07) is 10.2. The van der Waals surface area contributed by atoms with Crippen LogP contribution in [0.15, 0.2) is 29.8 Å². The number of para-hydroxylation sites is 1. The van der Waals surface area contributed by atoms with E-state index < -0.39 is 0 Å². The Morgan fingerprint density at radius 3 is 2.82 bits per heavy atom. The van der Waals surface area contributed by atoms with Gasteiger partial charge in [0.2, 0.25) is 0 Å². The van der Waals surface area contributed by atoms with Crippen molar-refractivity contribution in [2.45, 2.75) is 19.8 Å². The zero-order chi connectivity index (χ0) is 12.3. The molecule has 86 valence electrons. The SMILES string of the molecule is CC(C)c1ccccc1Nc1ncsc1C#N. The third-order valence-electron chi connectivity index (χ3n) is 2.50. The molecule has 0 bridgehead atoms. The molecule has 1 heterocycles. The summed E-state index contributed by atoms with van der Waals surface area (Å²) in [7, 11) is 0. The van der Waals surface area contributed by atoms with E-state index in [4.69, 9.17) is 5.26 Å². The fraction of sp³-hybridized carbons (Fsp3) is 0.231. The van der Waals surface area contributed by atoms with Gasteiger partial charge in [0.05, 0.1) is 5.51 Å². The van der Waals surface area contributed by atoms with Crippen LogP contribution < -0.4 is 5.32 Å². The molecule has 1 aromatic carbocycles. The minimum Gasteiger partial charge on any atom is -0.338 e. The molecule has 0 atom stereocenters. The smallest absolute Gasteiger partial charge is 0.159 e. The third-order valence-corrected chi connectivity index (χ3v) is 3.24. The van der Waals surface area contributed by atoms with E-state index >= 15 is 0 Å². The summed E-state index contributed by atoms with van der Waals surface area (Å²) in [4.78, 5) is 4.78. The summed E-state index contributed by atoms with van der Waals surface area (Å²) < 4.78 is 0. The van der Waals surface area contributed by atoms with E-state index in [2.05, 4.69) is 36.3 Å². The van der Waals surface area contributed by atoms with Crippen LogP contribution in [0.1, 0.15) is 30.2 Å². The second kappa shape index (κ2) is 4.98. The van der Waals surface area contributed by atoms with Crippen molar-refractivity contribution < 1.29 is 0 Å². The van der Waals surface area contributed by atoms with E-state index in [9.17, 15) is 0 Å². The van der Waals surface area contributed by atoms with Gasteiger partial charge >= 0.3 is 0 Å². The standard InChI is InChI=1S/C13H13N3S/c1-9(2)10-5-3-4-6-11(10)16-13-12(7-14)17-8-15-13/h3-6,8-9,16H,1-2H3. The van der Waals surface area contributed by atoms with Crippen LogP contribution in [-0.4, -0.2) is 4.98 Å². The van der Waals surface area contributed by atoms with E-state index in [1.165, 1.54) is 16.9 Å². The van der Waals surface area contributed by atoms with Gasteiger partial charge in [-0.1, -0.05) is 32.0 Å². The molecule has 0 radical (unpaired) electrons. The summed E-state index contributed by atoms with van der Waals surface area (Å²) in [6.45, 7) is 4.29. The van der Waals surface area contributed by atoms with Crippen molar-refractivity contribution in [1.29, 1.82) is 5.26 Å². The van der Waals surface area contributed by atoms with Gasteiger partial charge < -0.3 is 5.32 Å². The maximum Gasteiger partial charge on any atom is 0.159 e. The van der Waals surface area contributed by atoms with Gasteiger partial charge in [0.15, 0.2) is 5.82 Å². The van der Waals surface area contributed by atoms with Crippen molar-refractivity contribution in [3.05, 3.63) is 40.2 Å². The highest BCUT2D eigenvalue weighted by molar-refractivity contribution is 7.10. The average Bonchev–Trinajstić information content (AvgIpc) is 2.77. The largest absolute Gasteiger partial charge is 0.338 e. The van der Waals surface area contributed by atoms with Crippen molar-refractivity contribution >= 4 is 22.8 Å². The van der Waals surface area contributed by atoms with Gasteiger partial charge in [-0.2, -0.15) is 5.26 Å². The van der Waals surface area contributed by atoms with Gasteiger partial charge in [-0.05, 0) is 17.5 Å². The van der Waals surface area contributed by atoms with E-state index in [1.807, 2.05) is 18.2 Å². The van der Waals surface area contributed by atoms with Crippen LogP contribution in [-0.2, 0) is 0 Å². The molecule has 0 aliphatic heterocycles. The summed E-state index contributed by atoms with van der Waals surface area (Å²) in [5, 5.41) is 12.2. The average molecular weight is 243 g/mol. The lowest BCUT2D eigenvalue weighted by molar-refractivity contribution is 0.869. The van der Waals surface area contributed by atoms with E-state index in [0.29, 0.717) is 16.6 Å². The highest BCUT2D eigenvalue weighted by Gasteiger charge is 2.09. The minimum absolute atomic E-state index is 0.433. The Morgan fingerprint density at radius 1 is 1.35 bits per heavy atom. The van der Waals surface area contributed by atoms with Crippen molar-refractivity contribution in [2.75, 3.05) is 5.32 Å². The molecule has 1 aromatic heterocycles. The van der Waals surface area contributed by atoms with E-state index in [-0.39, 0.29) is 0 Å². The third kappa shape index (κ3) is 2.45. The molecule has 0 saturated carbocycles. The lowest BCUT2D eigenvalue weighted by Crippen LogP contribution is -1.98. The summed E-state index contributed by atoms with van der Waals surface area (Å²) in [6.07, 6.45) is 0. The normalized spacial score (nSPS) is 10.2. The lowest BCUT2D eigenvalue weighted by atomic mass is 10.0. The van der Waals surface area contributed by atoms with Crippen LogP contribution in [0.5, 0.6) is 0 Å². The van der Waals surface area contributed by atoms with Gasteiger partial charge in [0, 0.05) is 5.69 Å². The molecule has 0 aliphatic carbocycles. The van der Waals surface area contributed by atoms with Gasteiger partial charge in [-0.25, -0.2) is 4.98 Å². The van der Waals surface area contributed by atoms with Crippen molar-refractivity contribution in [2.24, 2.45) is 0 Å². The Labute approximate surface area is 105 Å². The first-order chi connectivity index (χ1) is 8.22.